The van der Waals surface area contributed by atoms with E-state index in [-0.39, 0.29) is 46.0 Å². The molecular formula is C61H110N3O14PSi2. The molecule has 1 unspecified atom stereocenters. The van der Waals surface area contributed by atoms with Gasteiger partial charge in [0.25, 0.3) is 8.32 Å². The Balaban J connectivity index is 0.000000335. The molecular weight excluding hydrogens is 1090 g/mol. The Hall–Kier alpha value is -3.49. The van der Waals surface area contributed by atoms with Crippen molar-refractivity contribution in [2.24, 2.45) is 41.4 Å². The van der Waals surface area contributed by atoms with Crippen LogP contribution in [-0.4, -0.2) is 108 Å². The first-order valence-electron chi connectivity index (χ1n) is 29.9. The van der Waals surface area contributed by atoms with Crippen molar-refractivity contribution in [1.82, 2.24) is 15.6 Å². The molecule has 1 aromatic rings. The maximum absolute atomic E-state index is 14.3. The molecule has 0 radical (unpaired) electrons. The number of H-pyrrole nitrogens is 1. The average Bonchev–Trinajstić information content (AvgIpc) is 4.05. The molecule has 1 aliphatic heterocycles. The smallest absolute Gasteiger partial charge is 0.408 e. The maximum atomic E-state index is 14.3. The van der Waals surface area contributed by atoms with Crippen LogP contribution in [0.5, 0.6) is 5.88 Å². The highest BCUT2D eigenvalue weighted by Gasteiger charge is 2.59. The quantitative estimate of drug-likeness (QED) is 0.0573. The molecule has 4 aliphatic rings. The van der Waals surface area contributed by atoms with Gasteiger partial charge in [-0.25, -0.2) is 19.2 Å². The molecule has 3 aliphatic carbocycles. The Bertz CT molecular complexity index is 2330. The second-order valence-electron chi connectivity index (χ2n) is 28.4. The van der Waals surface area contributed by atoms with Gasteiger partial charge in [-0.2, -0.15) is 0 Å². The number of alkyl carbamates (subject to hydrolysis) is 1. The Morgan fingerprint density at radius 1 is 0.728 bits per heavy atom. The molecule has 3 saturated carbocycles. The van der Waals surface area contributed by atoms with Gasteiger partial charge in [-0.05, 0) is 162 Å². The number of hydrogen-bond donors (Lipinski definition) is 3. The van der Waals surface area contributed by atoms with Crippen LogP contribution in [0.1, 0.15) is 197 Å². The highest BCUT2D eigenvalue weighted by molar-refractivity contribution is 7.55. The van der Waals surface area contributed by atoms with Gasteiger partial charge in [-0.15, -0.1) is 0 Å². The molecule has 2 heterocycles. The van der Waals surface area contributed by atoms with Crippen LogP contribution in [-0.2, 0) is 51.4 Å². The first-order chi connectivity index (χ1) is 37.1. The van der Waals surface area contributed by atoms with E-state index in [9.17, 15) is 28.5 Å². The number of amides is 2. The monoisotopic (exact) mass is 1200 g/mol. The van der Waals surface area contributed by atoms with Crippen molar-refractivity contribution < 1.29 is 65.4 Å². The number of aromatic amines is 1. The number of esters is 3. The van der Waals surface area contributed by atoms with Crippen molar-refractivity contribution in [2.45, 2.75) is 260 Å². The van der Waals surface area contributed by atoms with Gasteiger partial charge in [0.2, 0.25) is 11.7 Å². The first-order valence-corrected chi connectivity index (χ1v) is 37.3. The fraction of sp³-hybridized carbons (Fsp3) is 0.820. The van der Waals surface area contributed by atoms with Crippen molar-refractivity contribution in [3.05, 3.63) is 29.0 Å². The van der Waals surface area contributed by atoms with E-state index < -0.39 is 59.3 Å². The number of methoxy groups -OCH3 is 1. The lowest BCUT2D eigenvalue weighted by Gasteiger charge is -2.49. The van der Waals surface area contributed by atoms with E-state index in [2.05, 4.69) is 139 Å². The lowest BCUT2D eigenvalue weighted by atomic mass is 9.73. The van der Waals surface area contributed by atoms with Gasteiger partial charge in [0, 0.05) is 26.4 Å². The third-order valence-electron chi connectivity index (χ3n) is 18.1. The van der Waals surface area contributed by atoms with Crippen LogP contribution in [0.4, 0.5) is 4.79 Å². The van der Waals surface area contributed by atoms with Crippen molar-refractivity contribution >= 4 is 54.1 Å². The zero-order valence-corrected chi connectivity index (χ0v) is 57.3. The van der Waals surface area contributed by atoms with E-state index in [1.807, 2.05) is 19.9 Å². The molecule has 0 spiro atoms. The zero-order valence-electron chi connectivity index (χ0n) is 54.4. The fourth-order valence-corrected chi connectivity index (χ4v) is 14.5. The number of carbonyl (C=O) groups is 5. The van der Waals surface area contributed by atoms with Gasteiger partial charge in [0.05, 0.1) is 13.2 Å². The predicted octanol–water partition coefficient (Wildman–Crippen LogP) is 14.6. The highest BCUT2D eigenvalue weighted by atomic mass is 31.2. The van der Waals surface area contributed by atoms with Crippen molar-refractivity contribution in [3.8, 4) is 5.88 Å². The fourth-order valence-electron chi connectivity index (χ4n) is 11.0. The second kappa shape index (κ2) is 29.1. The van der Waals surface area contributed by atoms with Crippen LogP contribution in [0.2, 0.25) is 36.3 Å². The van der Waals surface area contributed by atoms with E-state index in [1.165, 1.54) is 19.3 Å². The lowest BCUT2D eigenvalue weighted by Crippen LogP contribution is -2.66. The molecule has 3 fully saturated rings. The van der Waals surface area contributed by atoms with Crippen molar-refractivity contribution in [1.29, 1.82) is 0 Å². The molecule has 5 rings (SSSR count). The lowest BCUT2D eigenvalue weighted by molar-refractivity contribution is -0.169. The number of ether oxygens (including phenoxy) is 4. The molecule has 466 valence electrons. The van der Waals surface area contributed by atoms with Crippen LogP contribution in [0, 0.1) is 48.3 Å². The summed E-state index contributed by atoms with van der Waals surface area (Å²) in [4.78, 5) is 66.4. The molecule has 9 atom stereocenters. The largest absolute Gasteiger partial charge is 0.532 e. The summed E-state index contributed by atoms with van der Waals surface area (Å²) in [6, 6.07) is 1.93. The van der Waals surface area contributed by atoms with Crippen molar-refractivity contribution in [2.75, 3.05) is 21.3 Å². The number of nitrogens with one attached hydrogen (secondary N) is 3. The molecule has 1 aromatic heterocycles. The minimum Gasteiger partial charge on any atom is -0.532 e. The Kier molecular flexibility index (Phi) is 25.8. The SMILES string of the molecule is CC1=CC(=O)N[C@]1(C(=O)O[C@H]1C[C@@H](C)CC[C@@H]1C(C)C)[C@@H](O[Si](C)(C)C(C)(C)C)C1CCCCC1.COC(=O)C(NC(=O)OC(C)(C)C)P(=O)(OC)OC.Cc1cc(O[Si](C)(C)C(C)(C)C)[nH]c1C(=O)O[C@H]1C[C@@H](C)CC[C@@H]1C(C)C. The maximum Gasteiger partial charge on any atom is 0.408 e. The van der Waals surface area contributed by atoms with Gasteiger partial charge < -0.3 is 47.1 Å². The standard InChI is InChI=1S/C29H51NO4Si.C22H39NO3Si.C10H20NO7P/c1-19(2)23-16-15-20(3)17-24(23)33-27(32)29(21(4)18-25(31)30-29)26(22-13-11-10-12-14-22)34-35(8,9)28(5,6)7;1-14(2)17-11-10-15(3)12-18(17)25-21(24)20-16(4)13-19(23-20)26-27(8,9)22(5,6)7;1-10(2,3)18-9(13)11-7(8(12)15-4)19(14,16-5)17-6/h18-20,22-24,26H,10-17H2,1-9H3,(H,30,31);13-15,17-18,23H,10-12H2,1-9H3;7H,1-6H3,(H,11,13)/t20-,23+,24-,26-,29-;15-,17+,18-;/m00./s1. The second-order valence-corrected chi connectivity index (χ2v) is 40.2. The summed E-state index contributed by atoms with van der Waals surface area (Å²) in [5, 5.41) is 5.34. The summed E-state index contributed by atoms with van der Waals surface area (Å²) in [6.07, 6.45) is 12.2. The van der Waals surface area contributed by atoms with Gasteiger partial charge in [-0.3, -0.25) is 14.7 Å². The van der Waals surface area contributed by atoms with E-state index >= 15 is 0 Å². The van der Waals surface area contributed by atoms with Crippen LogP contribution >= 0.6 is 7.60 Å². The van der Waals surface area contributed by atoms with Crippen LogP contribution < -0.4 is 15.1 Å². The molecule has 0 saturated heterocycles. The Labute approximate surface area is 490 Å². The number of rotatable bonds is 17. The highest BCUT2D eigenvalue weighted by Crippen LogP contribution is 2.51. The minimum atomic E-state index is -3.87. The van der Waals surface area contributed by atoms with Gasteiger partial charge in [0.15, 0.2) is 19.7 Å². The molecule has 0 aromatic carbocycles. The van der Waals surface area contributed by atoms with E-state index in [4.69, 9.17) is 23.1 Å². The van der Waals surface area contributed by atoms with Crippen LogP contribution in [0.25, 0.3) is 0 Å². The topological polar surface area (TPSA) is 216 Å². The van der Waals surface area contributed by atoms with Gasteiger partial charge in [0.1, 0.15) is 23.5 Å². The van der Waals surface area contributed by atoms with Gasteiger partial charge >= 0.3 is 31.6 Å². The van der Waals surface area contributed by atoms with Gasteiger partial charge in [-0.1, -0.05) is 115 Å². The molecule has 17 nitrogen and oxygen atoms in total. The summed E-state index contributed by atoms with van der Waals surface area (Å²) in [5.41, 5.74) is 0.154. The summed E-state index contributed by atoms with van der Waals surface area (Å²) in [5.74, 6) is 0.496. The predicted molar refractivity (Wildman–Crippen MR) is 325 cm³/mol. The van der Waals surface area contributed by atoms with E-state index in [0.29, 0.717) is 47.1 Å². The first kappa shape index (κ1) is 71.8. The molecule has 20 heteroatoms. The molecule has 81 heavy (non-hydrogen) atoms. The third kappa shape index (κ3) is 19.3. The average molecular weight is 1200 g/mol. The van der Waals surface area contributed by atoms with Crippen LogP contribution in [0.15, 0.2) is 17.7 Å². The van der Waals surface area contributed by atoms with Crippen LogP contribution in [0.3, 0.4) is 0 Å². The Morgan fingerprint density at radius 3 is 1.64 bits per heavy atom. The Morgan fingerprint density at radius 2 is 1.22 bits per heavy atom. The molecule has 2 amide bonds. The minimum absolute atomic E-state index is 0.00716. The molecule has 0 bridgehead atoms. The summed E-state index contributed by atoms with van der Waals surface area (Å²) in [7, 11) is -4.79. The zero-order chi connectivity index (χ0) is 62.0. The third-order valence-corrected chi connectivity index (χ3v) is 28.8. The van der Waals surface area contributed by atoms with E-state index in [0.717, 1.165) is 83.8 Å². The number of carbonyl (C=O) groups excluding carboxylic acids is 5. The molecule has 3 N–H and O–H groups in total. The summed E-state index contributed by atoms with van der Waals surface area (Å²) < 4.78 is 56.8. The van der Waals surface area contributed by atoms with E-state index in [1.54, 1.807) is 26.8 Å². The number of aryl methyl sites for hydroxylation is 1. The number of aromatic nitrogens is 1. The normalized spacial score (nSPS) is 25.0. The number of hydrogen-bond acceptors (Lipinski definition) is 14. The summed E-state index contributed by atoms with van der Waals surface area (Å²) in [6.45, 7) is 44.4. The summed E-state index contributed by atoms with van der Waals surface area (Å²) >= 11 is 0. The van der Waals surface area contributed by atoms with Crippen molar-refractivity contribution in [3.63, 3.8) is 0 Å².